The molecule has 4 fully saturated rings. The fourth-order valence-corrected chi connectivity index (χ4v) is 5.26. The summed E-state index contributed by atoms with van der Waals surface area (Å²) >= 11 is 0. The minimum absolute atomic E-state index is 0.230. The topological polar surface area (TPSA) is 29.1 Å². The molecule has 3 heteroatoms. The van der Waals surface area contributed by atoms with E-state index in [0.29, 0.717) is 18.4 Å². The second-order valence-electron chi connectivity index (χ2n) is 7.30. The van der Waals surface area contributed by atoms with Gasteiger partial charge in [-0.1, -0.05) is 12.1 Å². The predicted octanol–water partition coefficient (Wildman–Crippen LogP) is 3.51. The van der Waals surface area contributed by atoms with Crippen molar-refractivity contribution >= 4 is 5.91 Å². The number of benzene rings is 1. The molecule has 0 atom stereocenters. The van der Waals surface area contributed by atoms with Gasteiger partial charge in [0, 0.05) is 12.5 Å². The van der Waals surface area contributed by atoms with Crippen molar-refractivity contribution in [2.45, 2.75) is 38.6 Å². The molecule has 0 unspecified atom stereocenters. The lowest BCUT2D eigenvalue weighted by atomic mass is 9.51. The van der Waals surface area contributed by atoms with Gasteiger partial charge in [-0.2, -0.15) is 0 Å². The third-order valence-electron chi connectivity index (χ3n) is 5.91. The SMILES string of the molecule is O=C(NCc1ccc(F)cc1)C1C2CC3CC(C2)CC1C3. The van der Waals surface area contributed by atoms with Crippen LogP contribution in [0.1, 0.15) is 37.7 Å². The van der Waals surface area contributed by atoms with Gasteiger partial charge in [-0.05, 0) is 73.5 Å². The zero-order chi connectivity index (χ0) is 14.4. The van der Waals surface area contributed by atoms with Crippen molar-refractivity contribution in [1.82, 2.24) is 5.32 Å². The van der Waals surface area contributed by atoms with Gasteiger partial charge >= 0.3 is 0 Å². The van der Waals surface area contributed by atoms with Crippen molar-refractivity contribution in [2.75, 3.05) is 0 Å². The third kappa shape index (κ3) is 2.47. The molecular formula is C18H22FNO. The van der Waals surface area contributed by atoms with E-state index in [4.69, 9.17) is 0 Å². The highest BCUT2D eigenvalue weighted by Gasteiger charge is 2.50. The Hall–Kier alpha value is -1.38. The van der Waals surface area contributed by atoms with E-state index in [1.807, 2.05) is 0 Å². The second-order valence-corrected chi connectivity index (χ2v) is 7.30. The smallest absolute Gasteiger partial charge is 0.223 e. The molecular weight excluding hydrogens is 265 g/mol. The molecule has 0 aromatic heterocycles. The van der Waals surface area contributed by atoms with Gasteiger partial charge in [-0.25, -0.2) is 4.39 Å². The van der Waals surface area contributed by atoms with Crippen LogP contribution in [-0.4, -0.2) is 5.91 Å². The van der Waals surface area contributed by atoms with Crippen LogP contribution in [0.4, 0.5) is 4.39 Å². The van der Waals surface area contributed by atoms with Gasteiger partial charge < -0.3 is 5.32 Å². The second kappa shape index (κ2) is 5.11. The van der Waals surface area contributed by atoms with E-state index in [0.717, 1.165) is 17.4 Å². The van der Waals surface area contributed by atoms with Crippen LogP contribution >= 0.6 is 0 Å². The van der Waals surface area contributed by atoms with Crippen LogP contribution in [-0.2, 0) is 11.3 Å². The standard InChI is InChI=1S/C18H22FNO/c19-16-3-1-11(2-4-16)10-20-18(21)17-14-6-12-5-13(8-14)9-15(17)7-12/h1-4,12-15,17H,5-10H2,(H,20,21). The Morgan fingerprint density at radius 2 is 1.57 bits per heavy atom. The molecule has 4 aliphatic rings. The van der Waals surface area contributed by atoms with Gasteiger partial charge in [0.05, 0.1) is 0 Å². The number of nitrogens with one attached hydrogen (secondary N) is 1. The quantitative estimate of drug-likeness (QED) is 0.905. The highest BCUT2D eigenvalue weighted by Crippen LogP contribution is 2.56. The molecule has 4 aliphatic carbocycles. The van der Waals surface area contributed by atoms with Gasteiger partial charge in [0.2, 0.25) is 5.91 Å². The Morgan fingerprint density at radius 1 is 1.00 bits per heavy atom. The number of hydrogen-bond donors (Lipinski definition) is 1. The Labute approximate surface area is 125 Å². The summed E-state index contributed by atoms with van der Waals surface area (Å²) in [6.07, 6.45) is 6.48. The van der Waals surface area contributed by atoms with Gasteiger partial charge in [-0.15, -0.1) is 0 Å². The number of rotatable bonds is 3. The highest BCUT2D eigenvalue weighted by molar-refractivity contribution is 5.79. The fraction of sp³-hybridized carbons (Fsp3) is 0.611. The third-order valence-corrected chi connectivity index (χ3v) is 5.91. The number of amides is 1. The number of halogens is 1. The minimum Gasteiger partial charge on any atom is -0.352 e. The Morgan fingerprint density at radius 3 is 2.14 bits per heavy atom. The molecule has 1 amide bonds. The largest absolute Gasteiger partial charge is 0.352 e. The number of hydrogen-bond acceptors (Lipinski definition) is 1. The molecule has 0 radical (unpaired) electrons. The van der Waals surface area contributed by atoms with Gasteiger partial charge in [0.1, 0.15) is 5.82 Å². The van der Waals surface area contributed by atoms with Crippen LogP contribution in [0.15, 0.2) is 24.3 Å². The summed E-state index contributed by atoms with van der Waals surface area (Å²) in [5, 5.41) is 3.09. The maximum Gasteiger partial charge on any atom is 0.223 e. The molecule has 0 spiro atoms. The molecule has 0 saturated heterocycles. The van der Waals surface area contributed by atoms with Crippen molar-refractivity contribution in [1.29, 1.82) is 0 Å². The first-order chi connectivity index (χ1) is 10.2. The lowest BCUT2D eigenvalue weighted by Gasteiger charge is -2.53. The molecule has 5 rings (SSSR count). The van der Waals surface area contributed by atoms with E-state index >= 15 is 0 Å². The van der Waals surface area contributed by atoms with Crippen LogP contribution in [0.25, 0.3) is 0 Å². The summed E-state index contributed by atoms with van der Waals surface area (Å²) in [5.41, 5.74) is 0.966. The first-order valence-corrected chi connectivity index (χ1v) is 8.21. The van der Waals surface area contributed by atoms with E-state index < -0.39 is 0 Å². The van der Waals surface area contributed by atoms with Gasteiger partial charge in [0.15, 0.2) is 0 Å². The summed E-state index contributed by atoms with van der Waals surface area (Å²) in [6.45, 7) is 0.516. The van der Waals surface area contributed by atoms with E-state index in [1.54, 1.807) is 12.1 Å². The fourth-order valence-electron chi connectivity index (χ4n) is 5.26. The Balaban J connectivity index is 1.40. The van der Waals surface area contributed by atoms with Crippen LogP contribution in [0.3, 0.4) is 0 Å². The maximum atomic E-state index is 12.9. The number of carbonyl (C=O) groups excluding carboxylic acids is 1. The monoisotopic (exact) mass is 287 g/mol. The molecule has 0 aliphatic heterocycles. The van der Waals surface area contributed by atoms with E-state index in [-0.39, 0.29) is 17.6 Å². The average molecular weight is 287 g/mol. The highest BCUT2D eigenvalue weighted by atomic mass is 19.1. The van der Waals surface area contributed by atoms with Crippen molar-refractivity contribution in [2.24, 2.45) is 29.6 Å². The van der Waals surface area contributed by atoms with Gasteiger partial charge in [-0.3, -0.25) is 4.79 Å². The minimum atomic E-state index is -0.230. The summed E-state index contributed by atoms with van der Waals surface area (Å²) in [4.78, 5) is 12.6. The van der Waals surface area contributed by atoms with Crippen molar-refractivity contribution in [3.8, 4) is 0 Å². The Kier molecular flexibility index (Phi) is 3.24. The first-order valence-electron chi connectivity index (χ1n) is 8.21. The van der Waals surface area contributed by atoms with Crippen molar-refractivity contribution < 1.29 is 9.18 Å². The molecule has 0 heterocycles. The zero-order valence-electron chi connectivity index (χ0n) is 12.2. The molecule has 1 N–H and O–H groups in total. The van der Waals surface area contributed by atoms with Gasteiger partial charge in [0.25, 0.3) is 0 Å². The molecule has 2 nitrogen and oxygen atoms in total. The predicted molar refractivity (Wildman–Crippen MR) is 78.8 cm³/mol. The molecule has 1 aromatic rings. The van der Waals surface area contributed by atoms with E-state index in [2.05, 4.69) is 5.32 Å². The van der Waals surface area contributed by atoms with Crippen molar-refractivity contribution in [3.05, 3.63) is 35.6 Å². The Bertz CT molecular complexity index is 511. The maximum absolute atomic E-state index is 12.9. The molecule has 112 valence electrons. The molecule has 1 aromatic carbocycles. The summed E-state index contributed by atoms with van der Waals surface area (Å²) in [5.74, 6) is 3.27. The van der Waals surface area contributed by atoms with Crippen LogP contribution in [0.2, 0.25) is 0 Å². The van der Waals surface area contributed by atoms with Crippen LogP contribution < -0.4 is 5.32 Å². The first kappa shape index (κ1) is 13.3. The lowest BCUT2D eigenvalue weighted by molar-refractivity contribution is -0.138. The average Bonchev–Trinajstić information content (AvgIpc) is 2.45. The summed E-state index contributed by atoms with van der Waals surface area (Å²) < 4.78 is 12.9. The normalized spacial score (nSPS) is 36.7. The molecule has 21 heavy (non-hydrogen) atoms. The summed E-state index contributed by atoms with van der Waals surface area (Å²) in [6, 6.07) is 6.38. The molecule has 4 saturated carbocycles. The van der Waals surface area contributed by atoms with E-state index in [1.165, 1.54) is 44.2 Å². The van der Waals surface area contributed by atoms with Crippen molar-refractivity contribution in [3.63, 3.8) is 0 Å². The zero-order valence-corrected chi connectivity index (χ0v) is 12.2. The van der Waals surface area contributed by atoms with E-state index in [9.17, 15) is 9.18 Å². The number of carbonyl (C=O) groups is 1. The molecule has 4 bridgehead atoms. The lowest BCUT2D eigenvalue weighted by Crippen LogP contribution is -2.50. The van der Waals surface area contributed by atoms with Crippen LogP contribution in [0.5, 0.6) is 0 Å². The summed E-state index contributed by atoms with van der Waals surface area (Å²) in [7, 11) is 0. The van der Waals surface area contributed by atoms with Crippen LogP contribution in [0, 0.1) is 35.4 Å².